The van der Waals surface area contributed by atoms with Crippen LogP contribution in [0.2, 0.25) is 0 Å². The lowest BCUT2D eigenvalue weighted by Crippen LogP contribution is -2.40. The highest BCUT2D eigenvalue weighted by Gasteiger charge is 2.47. The third kappa shape index (κ3) is 5.92. The maximum atomic E-state index is 11.7. The summed E-state index contributed by atoms with van der Waals surface area (Å²) in [4.78, 5) is 47.1. The highest BCUT2D eigenvalue weighted by molar-refractivity contribution is 5.91. The molecule has 0 spiro atoms. The Bertz CT molecular complexity index is 755. The average molecular weight is 409 g/mol. The summed E-state index contributed by atoms with van der Waals surface area (Å²) in [6.07, 6.45) is 4.75. The van der Waals surface area contributed by atoms with Gasteiger partial charge < -0.3 is 29.0 Å². The van der Waals surface area contributed by atoms with Crippen molar-refractivity contribution in [3.05, 3.63) is 36.2 Å². The Morgan fingerprint density at radius 1 is 1.28 bits per heavy atom. The maximum absolute atomic E-state index is 11.7. The molecule has 158 valence electrons. The molecule has 0 saturated carbocycles. The van der Waals surface area contributed by atoms with Crippen molar-refractivity contribution in [1.29, 1.82) is 0 Å². The van der Waals surface area contributed by atoms with Crippen LogP contribution >= 0.6 is 0 Å². The lowest BCUT2D eigenvalue weighted by Gasteiger charge is -2.30. The first-order valence-electron chi connectivity index (χ1n) is 8.86. The first-order chi connectivity index (χ1) is 13.7. The van der Waals surface area contributed by atoms with Gasteiger partial charge in [0.1, 0.15) is 12.7 Å². The molecule has 4 atom stereocenters. The molecule has 0 aromatic heterocycles. The summed E-state index contributed by atoms with van der Waals surface area (Å²) in [5.41, 5.74) is 0.160. The van der Waals surface area contributed by atoms with Crippen LogP contribution in [-0.4, -0.2) is 66.0 Å². The van der Waals surface area contributed by atoms with Crippen LogP contribution in [0.3, 0.4) is 0 Å². The summed E-state index contributed by atoms with van der Waals surface area (Å²) < 4.78 is 20.8. The van der Waals surface area contributed by atoms with Gasteiger partial charge in [0.2, 0.25) is 0 Å². The zero-order chi connectivity index (χ0) is 21.6. The number of methoxy groups -OCH3 is 1. The normalized spacial score (nSPS) is 26.2. The van der Waals surface area contributed by atoms with Crippen molar-refractivity contribution in [2.45, 2.75) is 38.7 Å². The number of rotatable bonds is 7. The summed E-state index contributed by atoms with van der Waals surface area (Å²) >= 11 is 0. The van der Waals surface area contributed by atoms with Crippen LogP contribution in [0.1, 0.15) is 20.3 Å². The molecule has 2 aliphatic heterocycles. The van der Waals surface area contributed by atoms with Gasteiger partial charge >= 0.3 is 23.9 Å². The lowest BCUT2D eigenvalue weighted by atomic mass is 10.00. The van der Waals surface area contributed by atoms with Gasteiger partial charge in [-0.15, -0.1) is 0 Å². The largest absolute Gasteiger partial charge is 0.478 e. The number of carbonyl (C=O) groups is 4. The molecule has 2 heterocycles. The van der Waals surface area contributed by atoms with Gasteiger partial charge in [0, 0.05) is 43.8 Å². The predicted molar refractivity (Wildman–Crippen MR) is 96.8 cm³/mol. The zero-order valence-electron chi connectivity index (χ0n) is 16.3. The summed E-state index contributed by atoms with van der Waals surface area (Å²) in [5, 5.41) is 9.22. The van der Waals surface area contributed by atoms with Crippen molar-refractivity contribution in [1.82, 2.24) is 4.90 Å². The number of allylic oxidation sites excluding steroid dienone is 1. The van der Waals surface area contributed by atoms with Crippen LogP contribution in [0.5, 0.6) is 0 Å². The minimum atomic E-state index is -1.06. The van der Waals surface area contributed by atoms with E-state index in [-0.39, 0.29) is 24.5 Å². The molecule has 29 heavy (non-hydrogen) atoms. The molecule has 0 amide bonds. The fourth-order valence-electron chi connectivity index (χ4n) is 2.93. The Morgan fingerprint density at radius 2 is 1.97 bits per heavy atom. The first-order valence-corrected chi connectivity index (χ1v) is 8.86. The van der Waals surface area contributed by atoms with Crippen LogP contribution in [0.25, 0.3) is 0 Å². The first kappa shape index (κ1) is 22.2. The maximum Gasteiger partial charge on any atom is 0.333 e. The van der Waals surface area contributed by atoms with Crippen LogP contribution in [0.4, 0.5) is 0 Å². The molecule has 2 aliphatic rings. The van der Waals surface area contributed by atoms with Gasteiger partial charge in [-0.3, -0.25) is 4.79 Å². The zero-order valence-corrected chi connectivity index (χ0v) is 16.3. The van der Waals surface area contributed by atoms with Crippen molar-refractivity contribution in [2.24, 2.45) is 5.92 Å². The van der Waals surface area contributed by atoms with Crippen LogP contribution in [0.15, 0.2) is 36.2 Å². The highest BCUT2D eigenvalue weighted by Crippen LogP contribution is 2.33. The van der Waals surface area contributed by atoms with Crippen molar-refractivity contribution in [2.75, 3.05) is 13.7 Å². The summed E-state index contributed by atoms with van der Waals surface area (Å²) in [7, 11) is 1.18. The molecule has 10 nitrogen and oxygen atoms in total. The fraction of sp³-hybridized carbons (Fsp3) is 0.474. The number of carboxylic acid groups (broad SMARTS) is 1. The van der Waals surface area contributed by atoms with Crippen LogP contribution in [-0.2, 0) is 38.1 Å². The van der Waals surface area contributed by atoms with E-state index in [1.807, 2.05) is 0 Å². The molecule has 1 saturated heterocycles. The minimum Gasteiger partial charge on any atom is -0.478 e. The van der Waals surface area contributed by atoms with E-state index < -0.39 is 42.3 Å². The smallest absolute Gasteiger partial charge is 0.333 e. The second kappa shape index (κ2) is 9.87. The van der Waals surface area contributed by atoms with Crippen LogP contribution < -0.4 is 0 Å². The molecule has 0 aliphatic carbocycles. The molecule has 1 N–H and O–H groups in total. The van der Waals surface area contributed by atoms with E-state index in [1.165, 1.54) is 25.1 Å². The Labute approximate surface area is 167 Å². The number of nitrogens with zero attached hydrogens (tertiary/aromatic N) is 1. The van der Waals surface area contributed by atoms with Crippen molar-refractivity contribution >= 4 is 23.9 Å². The summed E-state index contributed by atoms with van der Waals surface area (Å²) in [6, 6.07) is 0. The van der Waals surface area contributed by atoms with E-state index >= 15 is 0 Å². The Kier molecular flexibility index (Phi) is 7.54. The third-order valence-corrected chi connectivity index (χ3v) is 4.44. The highest BCUT2D eigenvalue weighted by atomic mass is 16.6. The third-order valence-electron chi connectivity index (χ3n) is 4.44. The van der Waals surface area contributed by atoms with Gasteiger partial charge in [0.25, 0.3) is 0 Å². The van der Waals surface area contributed by atoms with E-state index in [2.05, 4.69) is 4.74 Å². The van der Waals surface area contributed by atoms with Gasteiger partial charge in [-0.25, -0.2) is 14.4 Å². The molecular formula is C19H23NO9. The standard InChI is InChI=1S/C19H23NO9/c1-11-14(10-27-16(23)7-6-15(22)26-3)29-18(17(11)28-12(2)21)20-8-4-5-13(9-20)19(24)25/h4,6-9,11,14,17-18H,5,10H2,1-3H3,(H,24,25)/b7-6+/t11-,14-,17?,18-/m1/s1. The molecule has 2 rings (SSSR count). The predicted octanol–water partition coefficient (Wildman–Crippen LogP) is 0.739. The number of ether oxygens (including phenoxy) is 4. The van der Waals surface area contributed by atoms with E-state index in [0.717, 1.165) is 12.2 Å². The molecule has 0 aromatic carbocycles. The van der Waals surface area contributed by atoms with Gasteiger partial charge in [0.05, 0.1) is 12.7 Å². The SMILES string of the molecule is COC(=O)/C=C/C(=O)OC[C@H]1O[C@@H](N2C=CCC(C(=O)O)=C2)C(OC(C)=O)[C@@H]1C. The second-order valence-corrected chi connectivity index (χ2v) is 6.48. The summed E-state index contributed by atoms with van der Waals surface area (Å²) in [5.74, 6) is -3.38. The van der Waals surface area contributed by atoms with Gasteiger partial charge in [-0.2, -0.15) is 0 Å². The number of carboxylic acids is 1. The van der Waals surface area contributed by atoms with Gasteiger partial charge in [-0.05, 0) is 0 Å². The van der Waals surface area contributed by atoms with E-state index in [4.69, 9.17) is 14.2 Å². The molecule has 1 unspecified atom stereocenters. The Hall–Kier alpha value is -3.14. The van der Waals surface area contributed by atoms with Crippen molar-refractivity contribution in [3.8, 4) is 0 Å². The Balaban J connectivity index is 2.09. The minimum absolute atomic E-state index is 0.146. The molecular weight excluding hydrogens is 386 g/mol. The second-order valence-electron chi connectivity index (χ2n) is 6.48. The molecule has 0 bridgehead atoms. The monoisotopic (exact) mass is 409 g/mol. The van der Waals surface area contributed by atoms with E-state index in [0.29, 0.717) is 0 Å². The van der Waals surface area contributed by atoms with E-state index in [1.54, 1.807) is 19.2 Å². The van der Waals surface area contributed by atoms with Gasteiger partial charge in [-0.1, -0.05) is 13.0 Å². The van der Waals surface area contributed by atoms with Crippen molar-refractivity contribution < 1.29 is 43.2 Å². The molecule has 0 aromatic rings. The van der Waals surface area contributed by atoms with Crippen molar-refractivity contribution in [3.63, 3.8) is 0 Å². The molecule has 1 fully saturated rings. The summed E-state index contributed by atoms with van der Waals surface area (Å²) in [6.45, 7) is 2.89. The lowest BCUT2D eigenvalue weighted by molar-refractivity contribution is -0.155. The Morgan fingerprint density at radius 3 is 2.59 bits per heavy atom. The van der Waals surface area contributed by atoms with Gasteiger partial charge in [0.15, 0.2) is 12.3 Å². The fourth-order valence-corrected chi connectivity index (χ4v) is 2.93. The number of hydrogen-bond acceptors (Lipinski definition) is 9. The molecule has 10 heteroatoms. The topological polar surface area (TPSA) is 129 Å². The number of esters is 3. The van der Waals surface area contributed by atoms with E-state index in [9.17, 15) is 24.3 Å². The number of aliphatic carboxylic acids is 1. The number of carbonyl (C=O) groups excluding carboxylic acids is 3. The van der Waals surface area contributed by atoms with Crippen LogP contribution in [0, 0.1) is 5.92 Å². The molecule has 0 radical (unpaired) electrons. The average Bonchev–Trinajstić information content (AvgIpc) is 2.99. The quantitative estimate of drug-likeness (QED) is 0.365. The number of hydrogen-bond donors (Lipinski definition) is 1.